The minimum atomic E-state index is -1.15. The van der Waals surface area contributed by atoms with Crippen LogP contribution in [0, 0.1) is 5.82 Å². The Morgan fingerprint density at radius 3 is 2.53 bits per heavy atom. The van der Waals surface area contributed by atoms with Crippen LogP contribution in [0.5, 0.6) is 11.5 Å². The van der Waals surface area contributed by atoms with E-state index in [2.05, 4.69) is 0 Å². The normalized spacial score (nSPS) is 10.3. The van der Waals surface area contributed by atoms with E-state index < -0.39 is 11.8 Å². The molecule has 1 N–H and O–H groups in total. The third kappa shape index (κ3) is 2.97. The summed E-state index contributed by atoms with van der Waals surface area (Å²) in [4.78, 5) is 10.8. The van der Waals surface area contributed by atoms with Gasteiger partial charge in [-0.15, -0.1) is 0 Å². The molecule has 0 spiro atoms. The molecule has 0 unspecified atom stereocenters. The van der Waals surface area contributed by atoms with E-state index in [1.54, 1.807) is 0 Å². The molecule has 0 aromatic heterocycles. The number of hydrogen-bond donors (Lipinski definition) is 1. The first-order valence-electron chi connectivity index (χ1n) is 5.13. The van der Waals surface area contributed by atoms with Crippen LogP contribution in [0.25, 0.3) is 0 Å². The summed E-state index contributed by atoms with van der Waals surface area (Å²) < 4.78 is 18.9. The Kier molecular flexibility index (Phi) is 3.93. The molecule has 0 radical (unpaired) electrons. The molecule has 0 aliphatic carbocycles. The fourth-order valence-electron chi connectivity index (χ4n) is 1.42. The number of rotatable bonds is 3. The molecule has 0 aliphatic rings. The Bertz CT molecular complexity index is 644. The van der Waals surface area contributed by atoms with Crippen molar-refractivity contribution in [1.29, 1.82) is 0 Å². The second kappa shape index (κ2) is 5.47. The summed E-state index contributed by atoms with van der Waals surface area (Å²) >= 11 is 11.4. The molecule has 3 nitrogen and oxygen atoms in total. The van der Waals surface area contributed by atoms with E-state index in [9.17, 15) is 9.18 Å². The van der Waals surface area contributed by atoms with Gasteiger partial charge < -0.3 is 9.84 Å². The molecular formula is C13H7Cl2FO3. The summed E-state index contributed by atoms with van der Waals surface area (Å²) in [5, 5.41) is 8.77. The summed E-state index contributed by atoms with van der Waals surface area (Å²) in [7, 11) is 0. The Morgan fingerprint density at radius 1 is 1.16 bits per heavy atom. The van der Waals surface area contributed by atoms with Crippen molar-refractivity contribution in [3.05, 3.63) is 57.8 Å². The summed E-state index contributed by atoms with van der Waals surface area (Å²) in [6.45, 7) is 0. The highest BCUT2D eigenvalue weighted by atomic mass is 35.5. The van der Waals surface area contributed by atoms with Gasteiger partial charge in [-0.3, -0.25) is 0 Å². The smallest absolute Gasteiger partial charge is 0.337 e. The van der Waals surface area contributed by atoms with Crippen molar-refractivity contribution in [3.63, 3.8) is 0 Å². The van der Waals surface area contributed by atoms with Gasteiger partial charge in [-0.2, -0.15) is 0 Å². The lowest BCUT2D eigenvalue weighted by atomic mass is 10.2. The molecule has 0 fully saturated rings. The molecule has 0 atom stereocenters. The van der Waals surface area contributed by atoms with Crippen LogP contribution >= 0.6 is 23.2 Å². The second-order valence-electron chi connectivity index (χ2n) is 3.60. The number of carboxylic acid groups (broad SMARTS) is 1. The predicted molar refractivity (Wildman–Crippen MR) is 69.9 cm³/mol. The lowest BCUT2D eigenvalue weighted by molar-refractivity contribution is 0.0697. The van der Waals surface area contributed by atoms with Crippen LogP contribution in [0.15, 0.2) is 36.4 Å². The minimum absolute atomic E-state index is 0.00689. The van der Waals surface area contributed by atoms with Gasteiger partial charge in [0.25, 0.3) is 0 Å². The van der Waals surface area contributed by atoms with Gasteiger partial charge in [-0.05, 0) is 24.3 Å². The Balaban J connectivity index is 2.32. The molecule has 0 bridgehead atoms. The Labute approximate surface area is 118 Å². The largest absolute Gasteiger partial charge is 0.478 e. The average Bonchev–Trinajstić information content (AvgIpc) is 2.34. The van der Waals surface area contributed by atoms with Gasteiger partial charge in [0, 0.05) is 6.07 Å². The van der Waals surface area contributed by atoms with Crippen LogP contribution in [0.4, 0.5) is 4.39 Å². The summed E-state index contributed by atoms with van der Waals surface area (Å²) in [5.41, 5.74) is -0.0550. The zero-order valence-corrected chi connectivity index (χ0v) is 10.9. The molecule has 19 heavy (non-hydrogen) atoms. The molecule has 0 saturated heterocycles. The number of hydrogen-bond acceptors (Lipinski definition) is 2. The van der Waals surface area contributed by atoms with Crippen LogP contribution in [-0.2, 0) is 0 Å². The first-order valence-corrected chi connectivity index (χ1v) is 5.89. The maximum Gasteiger partial charge on any atom is 0.337 e. The third-order valence-electron chi connectivity index (χ3n) is 2.31. The van der Waals surface area contributed by atoms with Gasteiger partial charge >= 0.3 is 5.97 Å². The zero-order chi connectivity index (χ0) is 14.0. The number of aromatic carboxylic acids is 1. The predicted octanol–water partition coefficient (Wildman–Crippen LogP) is 4.62. The zero-order valence-electron chi connectivity index (χ0n) is 9.36. The number of benzene rings is 2. The molecule has 6 heteroatoms. The quantitative estimate of drug-likeness (QED) is 0.899. The second-order valence-corrected chi connectivity index (χ2v) is 4.42. The fraction of sp³-hybridized carbons (Fsp3) is 0. The van der Waals surface area contributed by atoms with Gasteiger partial charge in [0.05, 0.1) is 15.6 Å². The lowest BCUT2D eigenvalue weighted by Gasteiger charge is -2.08. The molecule has 0 aliphatic heterocycles. The fourth-order valence-corrected chi connectivity index (χ4v) is 1.84. The van der Waals surface area contributed by atoms with Crippen molar-refractivity contribution in [2.45, 2.75) is 0 Å². The summed E-state index contributed by atoms with van der Waals surface area (Å²) in [6, 6.07) is 8.29. The van der Waals surface area contributed by atoms with Gasteiger partial charge in [0.2, 0.25) is 0 Å². The summed E-state index contributed by atoms with van der Waals surface area (Å²) in [6.07, 6.45) is 0. The Hall–Kier alpha value is -1.78. The number of ether oxygens (including phenoxy) is 1. The van der Waals surface area contributed by atoms with Crippen molar-refractivity contribution in [2.75, 3.05) is 0 Å². The third-order valence-corrected chi connectivity index (χ3v) is 2.92. The Morgan fingerprint density at radius 2 is 1.89 bits per heavy atom. The average molecular weight is 301 g/mol. The van der Waals surface area contributed by atoms with Crippen LogP contribution in [0.1, 0.15) is 10.4 Å². The van der Waals surface area contributed by atoms with Crippen molar-refractivity contribution >= 4 is 29.2 Å². The van der Waals surface area contributed by atoms with Crippen molar-refractivity contribution in [2.24, 2.45) is 0 Å². The highest BCUT2D eigenvalue weighted by Crippen LogP contribution is 2.30. The molecule has 2 aromatic rings. The van der Waals surface area contributed by atoms with E-state index in [1.807, 2.05) is 0 Å². The highest BCUT2D eigenvalue weighted by Gasteiger charge is 2.12. The van der Waals surface area contributed by atoms with Gasteiger partial charge in [0.15, 0.2) is 11.6 Å². The summed E-state index contributed by atoms with van der Waals surface area (Å²) in [5.74, 6) is -1.68. The highest BCUT2D eigenvalue weighted by molar-refractivity contribution is 6.33. The molecule has 2 rings (SSSR count). The van der Waals surface area contributed by atoms with Crippen molar-refractivity contribution < 1.29 is 19.0 Å². The van der Waals surface area contributed by atoms with Crippen molar-refractivity contribution in [1.82, 2.24) is 0 Å². The van der Waals surface area contributed by atoms with Gasteiger partial charge in [-0.25, -0.2) is 9.18 Å². The monoisotopic (exact) mass is 300 g/mol. The maximum absolute atomic E-state index is 13.6. The first-order chi connectivity index (χ1) is 8.99. The van der Waals surface area contributed by atoms with E-state index in [-0.39, 0.29) is 27.1 Å². The van der Waals surface area contributed by atoms with E-state index in [0.717, 1.165) is 0 Å². The maximum atomic E-state index is 13.6. The van der Waals surface area contributed by atoms with E-state index in [4.69, 9.17) is 33.0 Å². The van der Waals surface area contributed by atoms with Gasteiger partial charge in [-0.1, -0.05) is 29.3 Å². The molecular weight excluding hydrogens is 294 g/mol. The standard InChI is InChI=1S/C13H7Cl2FO3/c14-9-2-1-3-11(12(9)16)19-7-4-5-8(13(17)18)10(15)6-7/h1-6H,(H,17,18). The van der Waals surface area contributed by atoms with Crippen LogP contribution in [0.3, 0.4) is 0 Å². The molecule has 98 valence electrons. The first kappa shape index (κ1) is 13.6. The van der Waals surface area contributed by atoms with Gasteiger partial charge in [0.1, 0.15) is 5.75 Å². The topological polar surface area (TPSA) is 46.5 Å². The van der Waals surface area contributed by atoms with Crippen molar-refractivity contribution in [3.8, 4) is 11.5 Å². The number of carboxylic acids is 1. The van der Waals surface area contributed by atoms with E-state index in [0.29, 0.717) is 0 Å². The molecule has 2 aromatic carbocycles. The van der Waals surface area contributed by atoms with Crippen LogP contribution in [0.2, 0.25) is 10.0 Å². The number of halogens is 3. The molecule has 0 amide bonds. The minimum Gasteiger partial charge on any atom is -0.478 e. The molecule has 0 heterocycles. The van der Waals surface area contributed by atoms with Crippen LogP contribution in [-0.4, -0.2) is 11.1 Å². The SMILES string of the molecule is O=C(O)c1ccc(Oc2cccc(Cl)c2F)cc1Cl. The molecule has 0 saturated carbocycles. The van der Waals surface area contributed by atoms with Crippen LogP contribution < -0.4 is 4.74 Å². The number of carbonyl (C=O) groups is 1. The lowest BCUT2D eigenvalue weighted by Crippen LogP contribution is -1.97. The van der Waals surface area contributed by atoms with E-state index in [1.165, 1.54) is 36.4 Å². The van der Waals surface area contributed by atoms with E-state index >= 15 is 0 Å².